The highest BCUT2D eigenvalue weighted by molar-refractivity contribution is 7.15. The van der Waals surface area contributed by atoms with Crippen LogP contribution in [0.15, 0.2) is 0 Å². The van der Waals surface area contributed by atoms with Crippen LogP contribution in [0.5, 0.6) is 0 Å². The van der Waals surface area contributed by atoms with Crippen LogP contribution in [0.2, 0.25) is 0 Å². The molecule has 1 saturated heterocycles. The summed E-state index contributed by atoms with van der Waals surface area (Å²) in [7, 11) is 0. The van der Waals surface area contributed by atoms with Crippen molar-refractivity contribution in [3.05, 3.63) is 10.6 Å². The molecular formula is C16H24N2O2S. The predicted molar refractivity (Wildman–Crippen MR) is 84.7 cm³/mol. The summed E-state index contributed by atoms with van der Waals surface area (Å²) in [6.07, 6.45) is 4.83. The highest BCUT2D eigenvalue weighted by Crippen LogP contribution is 2.40. The van der Waals surface area contributed by atoms with Crippen molar-refractivity contribution in [3.8, 4) is 0 Å². The minimum absolute atomic E-state index is 0.0361. The van der Waals surface area contributed by atoms with Crippen molar-refractivity contribution < 1.29 is 9.53 Å². The first-order valence-corrected chi connectivity index (χ1v) is 8.66. The quantitative estimate of drug-likeness (QED) is 0.911. The molecule has 3 rings (SSSR count). The summed E-state index contributed by atoms with van der Waals surface area (Å²) >= 11 is 1.64. The minimum atomic E-state index is -0.284. The molecule has 1 N–H and O–H groups in total. The number of carbonyl (C=O) groups is 1. The molecule has 1 aromatic heterocycles. The molecule has 2 heterocycles. The van der Waals surface area contributed by atoms with Crippen molar-refractivity contribution in [1.82, 2.24) is 4.98 Å². The standard InChI is InChI=1S/C16H24N2O2S/c1-16(2,3)10-6-7-11-13(9-10)21-15(17-11)18-14(19)12-5-4-8-20-12/h10,12H,4-9H2,1-3H3,(H,17,18,19). The van der Waals surface area contributed by atoms with Gasteiger partial charge in [0.1, 0.15) is 6.10 Å². The van der Waals surface area contributed by atoms with Crippen molar-refractivity contribution in [2.75, 3.05) is 11.9 Å². The maximum absolute atomic E-state index is 12.1. The zero-order chi connectivity index (χ0) is 15.0. The smallest absolute Gasteiger partial charge is 0.255 e. The Hall–Kier alpha value is -0.940. The van der Waals surface area contributed by atoms with Crippen molar-refractivity contribution in [3.63, 3.8) is 0 Å². The van der Waals surface area contributed by atoms with E-state index in [1.165, 1.54) is 17.0 Å². The SMILES string of the molecule is CC(C)(C)C1CCc2nc(NC(=O)C3CCCO3)sc2C1. The molecule has 1 aromatic rings. The number of rotatable bonds is 2. The average Bonchev–Trinajstić information content (AvgIpc) is 3.05. The minimum Gasteiger partial charge on any atom is -0.368 e. The number of aromatic nitrogens is 1. The zero-order valence-electron chi connectivity index (χ0n) is 13.1. The number of carbonyl (C=O) groups excluding carboxylic acids is 1. The van der Waals surface area contributed by atoms with Gasteiger partial charge in [0.05, 0.1) is 5.69 Å². The third-order valence-corrected chi connectivity index (χ3v) is 5.65. The molecule has 116 valence electrons. The van der Waals surface area contributed by atoms with Crippen LogP contribution >= 0.6 is 11.3 Å². The molecule has 1 aliphatic heterocycles. The molecule has 1 aliphatic carbocycles. The van der Waals surface area contributed by atoms with E-state index in [4.69, 9.17) is 4.74 Å². The third kappa shape index (κ3) is 3.29. The Morgan fingerprint density at radius 3 is 2.86 bits per heavy atom. The zero-order valence-corrected chi connectivity index (χ0v) is 13.9. The van der Waals surface area contributed by atoms with Crippen LogP contribution in [0.25, 0.3) is 0 Å². The lowest BCUT2D eigenvalue weighted by Crippen LogP contribution is -2.26. The van der Waals surface area contributed by atoms with Gasteiger partial charge in [0.15, 0.2) is 5.13 Å². The number of thiazole rings is 1. The van der Waals surface area contributed by atoms with E-state index in [-0.39, 0.29) is 12.0 Å². The highest BCUT2D eigenvalue weighted by atomic mass is 32.1. The van der Waals surface area contributed by atoms with Gasteiger partial charge in [-0.05, 0) is 43.4 Å². The van der Waals surface area contributed by atoms with Gasteiger partial charge in [0, 0.05) is 11.5 Å². The van der Waals surface area contributed by atoms with Gasteiger partial charge in [0.25, 0.3) is 5.91 Å². The molecular weight excluding hydrogens is 284 g/mol. The van der Waals surface area contributed by atoms with Crippen molar-refractivity contribution >= 4 is 22.4 Å². The Morgan fingerprint density at radius 2 is 2.19 bits per heavy atom. The number of hydrogen-bond acceptors (Lipinski definition) is 4. The Kier molecular flexibility index (Phi) is 4.06. The maximum atomic E-state index is 12.1. The Balaban J connectivity index is 1.67. The van der Waals surface area contributed by atoms with Crippen molar-refractivity contribution in [2.45, 2.75) is 59.0 Å². The van der Waals surface area contributed by atoms with Crippen molar-refractivity contribution in [2.24, 2.45) is 11.3 Å². The van der Waals surface area contributed by atoms with Crippen LogP contribution in [0, 0.1) is 11.3 Å². The lowest BCUT2D eigenvalue weighted by molar-refractivity contribution is -0.124. The number of nitrogens with one attached hydrogen (secondary N) is 1. The monoisotopic (exact) mass is 308 g/mol. The number of ether oxygens (including phenoxy) is 1. The van der Waals surface area contributed by atoms with E-state index in [9.17, 15) is 4.79 Å². The Labute approximate surface area is 130 Å². The first kappa shape index (κ1) is 15.0. The summed E-state index contributed by atoms with van der Waals surface area (Å²) < 4.78 is 5.42. The molecule has 0 radical (unpaired) electrons. The van der Waals surface area contributed by atoms with Crippen LogP contribution in [-0.4, -0.2) is 23.6 Å². The van der Waals surface area contributed by atoms with E-state index in [2.05, 4.69) is 31.1 Å². The number of fused-ring (bicyclic) bond motifs is 1. The van der Waals surface area contributed by atoms with Gasteiger partial charge in [-0.2, -0.15) is 0 Å². The van der Waals surface area contributed by atoms with E-state index in [1.54, 1.807) is 11.3 Å². The van der Waals surface area contributed by atoms with Crippen LogP contribution in [-0.2, 0) is 22.4 Å². The van der Waals surface area contributed by atoms with Gasteiger partial charge in [0.2, 0.25) is 0 Å². The summed E-state index contributed by atoms with van der Waals surface area (Å²) in [5.41, 5.74) is 1.52. The number of hydrogen-bond donors (Lipinski definition) is 1. The summed E-state index contributed by atoms with van der Waals surface area (Å²) in [5.74, 6) is 0.665. The molecule has 2 unspecified atom stereocenters. The predicted octanol–water partition coefficient (Wildman–Crippen LogP) is 3.41. The van der Waals surface area contributed by atoms with Gasteiger partial charge in [-0.3, -0.25) is 10.1 Å². The number of anilines is 1. The number of aryl methyl sites for hydroxylation is 1. The van der Waals surface area contributed by atoms with Gasteiger partial charge >= 0.3 is 0 Å². The number of amides is 1. The van der Waals surface area contributed by atoms with Gasteiger partial charge in [-0.1, -0.05) is 20.8 Å². The fourth-order valence-corrected chi connectivity index (χ4v) is 4.23. The second kappa shape index (κ2) is 5.69. The van der Waals surface area contributed by atoms with Crippen LogP contribution in [0.1, 0.15) is 50.6 Å². The van der Waals surface area contributed by atoms with E-state index in [0.717, 1.165) is 30.8 Å². The van der Waals surface area contributed by atoms with E-state index in [0.29, 0.717) is 17.9 Å². The molecule has 0 aromatic carbocycles. The second-order valence-electron chi connectivity index (χ2n) is 7.19. The molecule has 5 heteroatoms. The molecule has 2 aliphatic rings. The van der Waals surface area contributed by atoms with Gasteiger partial charge in [-0.15, -0.1) is 11.3 Å². The molecule has 21 heavy (non-hydrogen) atoms. The van der Waals surface area contributed by atoms with Crippen LogP contribution in [0.3, 0.4) is 0 Å². The first-order valence-electron chi connectivity index (χ1n) is 7.84. The van der Waals surface area contributed by atoms with Crippen molar-refractivity contribution in [1.29, 1.82) is 0 Å². The molecule has 0 spiro atoms. The summed E-state index contributed by atoms with van der Waals surface area (Å²) in [6.45, 7) is 7.62. The summed E-state index contributed by atoms with van der Waals surface area (Å²) in [6, 6.07) is 0. The Morgan fingerprint density at radius 1 is 1.38 bits per heavy atom. The molecule has 1 amide bonds. The van der Waals surface area contributed by atoms with E-state index < -0.39 is 0 Å². The van der Waals surface area contributed by atoms with Gasteiger partial charge in [-0.25, -0.2) is 4.98 Å². The Bertz CT molecular complexity index is 527. The molecule has 0 saturated carbocycles. The first-order chi connectivity index (χ1) is 9.93. The maximum Gasteiger partial charge on any atom is 0.255 e. The van der Waals surface area contributed by atoms with Crippen LogP contribution < -0.4 is 5.32 Å². The average molecular weight is 308 g/mol. The molecule has 0 bridgehead atoms. The molecule has 2 atom stereocenters. The second-order valence-corrected chi connectivity index (χ2v) is 8.27. The van der Waals surface area contributed by atoms with Gasteiger partial charge < -0.3 is 4.74 Å². The lowest BCUT2D eigenvalue weighted by Gasteiger charge is -2.33. The normalized spacial score (nSPS) is 25.7. The molecule has 4 nitrogen and oxygen atoms in total. The van der Waals surface area contributed by atoms with Crippen LogP contribution in [0.4, 0.5) is 5.13 Å². The summed E-state index contributed by atoms with van der Waals surface area (Å²) in [4.78, 5) is 18.0. The fourth-order valence-electron chi connectivity index (χ4n) is 3.14. The fraction of sp³-hybridized carbons (Fsp3) is 0.750. The topological polar surface area (TPSA) is 51.2 Å². The third-order valence-electron chi connectivity index (χ3n) is 4.62. The van der Waals surface area contributed by atoms with E-state index >= 15 is 0 Å². The number of nitrogens with zero attached hydrogens (tertiary/aromatic N) is 1. The highest BCUT2D eigenvalue weighted by Gasteiger charge is 2.31. The van der Waals surface area contributed by atoms with E-state index in [1.807, 2.05) is 0 Å². The largest absolute Gasteiger partial charge is 0.368 e. The summed E-state index contributed by atoms with van der Waals surface area (Å²) in [5, 5.41) is 3.68. The molecule has 1 fully saturated rings. The lowest BCUT2D eigenvalue weighted by atomic mass is 9.73.